The van der Waals surface area contributed by atoms with Crippen LogP contribution in [0.1, 0.15) is 36.5 Å². The third-order valence-electron chi connectivity index (χ3n) is 4.27. The van der Waals surface area contributed by atoms with Gasteiger partial charge >= 0.3 is 5.97 Å². The number of aliphatic carboxylic acids is 1. The molecule has 1 atom stereocenters. The lowest BCUT2D eigenvalue weighted by molar-refractivity contribution is -0.149. The first-order valence-corrected chi connectivity index (χ1v) is 7.76. The molecule has 1 aromatic carbocycles. The normalized spacial score (nSPS) is 22.1. The average molecular weight is 355 g/mol. The summed E-state index contributed by atoms with van der Waals surface area (Å²) >= 11 is 3.33. The van der Waals surface area contributed by atoms with E-state index in [2.05, 4.69) is 15.9 Å². The molecule has 1 fully saturated rings. The van der Waals surface area contributed by atoms with E-state index in [9.17, 15) is 14.7 Å². The van der Waals surface area contributed by atoms with E-state index in [1.807, 2.05) is 24.0 Å². The van der Waals surface area contributed by atoms with Gasteiger partial charge in [0, 0.05) is 23.2 Å². The molecule has 1 unspecified atom stereocenters. The van der Waals surface area contributed by atoms with Gasteiger partial charge in [0.1, 0.15) is 0 Å². The van der Waals surface area contributed by atoms with E-state index in [0.29, 0.717) is 30.6 Å². The molecule has 0 saturated carbocycles. The van der Waals surface area contributed by atoms with Gasteiger partial charge in [0.25, 0.3) is 5.91 Å². The van der Waals surface area contributed by atoms with Gasteiger partial charge in [0.15, 0.2) is 0 Å². The molecule has 3 N–H and O–H groups in total. The number of carbonyl (C=O) groups excluding carboxylic acids is 1. The minimum absolute atomic E-state index is 0.404. The molecule has 1 aromatic rings. The number of hydrogen-bond acceptors (Lipinski definition) is 3. The Morgan fingerprint density at radius 3 is 2.76 bits per heavy atom. The van der Waals surface area contributed by atoms with Crippen LogP contribution >= 0.6 is 15.9 Å². The van der Waals surface area contributed by atoms with Gasteiger partial charge in [0.2, 0.25) is 0 Å². The zero-order valence-corrected chi connectivity index (χ0v) is 13.5. The maximum atomic E-state index is 11.6. The Labute approximate surface area is 132 Å². The summed E-state index contributed by atoms with van der Waals surface area (Å²) in [4.78, 5) is 25.2. The van der Waals surface area contributed by atoms with Crippen molar-refractivity contribution in [2.75, 3.05) is 18.0 Å². The van der Waals surface area contributed by atoms with E-state index < -0.39 is 17.3 Å². The molecule has 0 aliphatic carbocycles. The van der Waals surface area contributed by atoms with Gasteiger partial charge in [-0.25, -0.2) is 0 Å². The molecule has 21 heavy (non-hydrogen) atoms. The minimum Gasteiger partial charge on any atom is -0.481 e. The lowest BCUT2D eigenvalue weighted by Crippen LogP contribution is -2.48. The van der Waals surface area contributed by atoms with Crippen LogP contribution in [0, 0.1) is 5.41 Å². The molecule has 5 nitrogen and oxygen atoms in total. The molecule has 1 heterocycles. The fraction of sp³-hybridized carbons (Fsp3) is 0.467. The van der Waals surface area contributed by atoms with Crippen molar-refractivity contribution < 1.29 is 14.7 Å². The number of carbonyl (C=O) groups is 2. The molecule has 1 saturated heterocycles. The highest BCUT2D eigenvalue weighted by molar-refractivity contribution is 9.10. The Bertz CT molecular complexity index is 576. The van der Waals surface area contributed by atoms with Gasteiger partial charge in [-0.15, -0.1) is 0 Å². The van der Waals surface area contributed by atoms with E-state index >= 15 is 0 Å². The zero-order valence-electron chi connectivity index (χ0n) is 11.9. The number of carboxylic acids is 1. The predicted molar refractivity (Wildman–Crippen MR) is 84.5 cm³/mol. The minimum atomic E-state index is -0.771. The van der Waals surface area contributed by atoms with Crippen LogP contribution in [0.15, 0.2) is 22.7 Å². The summed E-state index contributed by atoms with van der Waals surface area (Å²) < 4.78 is 0.775. The van der Waals surface area contributed by atoms with E-state index in [4.69, 9.17) is 5.73 Å². The number of hydrogen-bond donors (Lipinski definition) is 2. The van der Waals surface area contributed by atoms with Gasteiger partial charge in [0.05, 0.1) is 11.0 Å². The molecular formula is C15H19BrN2O3. The van der Waals surface area contributed by atoms with Crippen molar-refractivity contribution in [3.05, 3.63) is 28.2 Å². The largest absolute Gasteiger partial charge is 0.481 e. The SMILES string of the molecule is CCC1(C(=O)O)CCCN(c2ccc(Br)cc2C(N)=O)C1. The summed E-state index contributed by atoms with van der Waals surface area (Å²) in [5, 5.41) is 9.55. The van der Waals surface area contributed by atoms with Gasteiger partial charge in [-0.3, -0.25) is 9.59 Å². The van der Waals surface area contributed by atoms with Crippen LogP contribution in [-0.2, 0) is 4.79 Å². The van der Waals surface area contributed by atoms with Crippen LogP contribution < -0.4 is 10.6 Å². The molecule has 114 valence electrons. The van der Waals surface area contributed by atoms with Crippen LogP contribution in [0.4, 0.5) is 5.69 Å². The Hall–Kier alpha value is -1.56. The highest BCUT2D eigenvalue weighted by Gasteiger charge is 2.41. The number of primary amides is 1. The molecule has 2 rings (SSSR count). The monoisotopic (exact) mass is 354 g/mol. The quantitative estimate of drug-likeness (QED) is 0.870. The number of nitrogens with zero attached hydrogens (tertiary/aromatic N) is 1. The smallest absolute Gasteiger partial charge is 0.311 e. The summed E-state index contributed by atoms with van der Waals surface area (Å²) in [7, 11) is 0. The standard InChI is InChI=1S/C15H19BrN2O3/c1-2-15(14(20)21)6-3-7-18(9-15)12-5-4-10(16)8-11(12)13(17)19/h4-5,8H,2-3,6-7,9H2,1H3,(H2,17,19)(H,20,21). The van der Waals surface area contributed by atoms with Crippen molar-refractivity contribution in [1.82, 2.24) is 0 Å². The third-order valence-corrected chi connectivity index (χ3v) is 4.77. The average Bonchev–Trinajstić information content (AvgIpc) is 2.46. The van der Waals surface area contributed by atoms with Crippen molar-refractivity contribution in [1.29, 1.82) is 0 Å². The highest BCUT2D eigenvalue weighted by Crippen LogP contribution is 2.37. The number of benzene rings is 1. The Kier molecular flexibility index (Phi) is 4.56. The van der Waals surface area contributed by atoms with Crippen LogP contribution in [0.25, 0.3) is 0 Å². The lowest BCUT2D eigenvalue weighted by Gasteiger charge is -2.41. The number of carboxylic acid groups (broad SMARTS) is 1. The number of halogens is 1. The molecule has 6 heteroatoms. The highest BCUT2D eigenvalue weighted by atomic mass is 79.9. The fourth-order valence-corrected chi connectivity index (χ4v) is 3.29. The topological polar surface area (TPSA) is 83.6 Å². The first-order valence-electron chi connectivity index (χ1n) is 6.97. The maximum absolute atomic E-state index is 11.6. The summed E-state index contributed by atoms with van der Waals surface area (Å²) in [6.45, 7) is 3.03. The van der Waals surface area contributed by atoms with Crippen molar-refractivity contribution >= 4 is 33.5 Å². The Morgan fingerprint density at radius 1 is 1.48 bits per heavy atom. The molecule has 0 spiro atoms. The summed E-state index contributed by atoms with van der Waals surface area (Å²) in [6, 6.07) is 5.34. The number of anilines is 1. The van der Waals surface area contributed by atoms with Crippen molar-refractivity contribution in [3.63, 3.8) is 0 Å². The molecule has 1 aliphatic heterocycles. The Balaban J connectivity index is 2.38. The second kappa shape index (κ2) is 6.05. The first-order chi connectivity index (χ1) is 9.89. The number of nitrogens with two attached hydrogens (primary N) is 1. The third kappa shape index (κ3) is 3.05. The van der Waals surface area contributed by atoms with Crippen molar-refractivity contribution in [2.24, 2.45) is 11.1 Å². The molecule has 0 aromatic heterocycles. The molecule has 1 amide bonds. The number of amides is 1. The van der Waals surface area contributed by atoms with Gasteiger partial charge in [-0.1, -0.05) is 22.9 Å². The second-order valence-electron chi connectivity index (χ2n) is 5.49. The number of piperidine rings is 1. The van der Waals surface area contributed by atoms with E-state index in [1.54, 1.807) is 6.07 Å². The Morgan fingerprint density at radius 2 is 2.19 bits per heavy atom. The molecule has 0 bridgehead atoms. The first kappa shape index (κ1) is 15.8. The summed E-state index contributed by atoms with van der Waals surface area (Å²) in [5.41, 5.74) is 5.83. The van der Waals surface area contributed by atoms with Crippen LogP contribution in [0.2, 0.25) is 0 Å². The molecule has 1 aliphatic rings. The summed E-state index contributed by atoms with van der Waals surface area (Å²) in [6.07, 6.45) is 2.02. The summed E-state index contributed by atoms with van der Waals surface area (Å²) in [5.74, 6) is -1.28. The van der Waals surface area contributed by atoms with Crippen molar-refractivity contribution in [2.45, 2.75) is 26.2 Å². The van der Waals surface area contributed by atoms with Gasteiger partial charge < -0.3 is 15.7 Å². The molecule has 0 radical (unpaired) electrons. The van der Waals surface area contributed by atoms with Crippen LogP contribution in [0.5, 0.6) is 0 Å². The zero-order chi connectivity index (χ0) is 15.6. The second-order valence-corrected chi connectivity index (χ2v) is 6.41. The van der Waals surface area contributed by atoms with Gasteiger partial charge in [-0.2, -0.15) is 0 Å². The predicted octanol–water partition coefficient (Wildman–Crippen LogP) is 2.63. The van der Waals surface area contributed by atoms with Crippen molar-refractivity contribution in [3.8, 4) is 0 Å². The molecular weight excluding hydrogens is 336 g/mol. The number of rotatable bonds is 4. The lowest BCUT2D eigenvalue weighted by atomic mass is 9.77. The van der Waals surface area contributed by atoms with Crippen LogP contribution in [0.3, 0.4) is 0 Å². The van der Waals surface area contributed by atoms with Gasteiger partial charge in [-0.05, 0) is 37.5 Å². The van der Waals surface area contributed by atoms with E-state index in [-0.39, 0.29) is 0 Å². The van der Waals surface area contributed by atoms with Crippen LogP contribution in [-0.4, -0.2) is 30.1 Å². The maximum Gasteiger partial charge on any atom is 0.311 e. The fourth-order valence-electron chi connectivity index (χ4n) is 2.93. The van der Waals surface area contributed by atoms with E-state index in [0.717, 1.165) is 17.4 Å². The van der Waals surface area contributed by atoms with E-state index in [1.165, 1.54) is 0 Å².